The highest BCUT2D eigenvalue weighted by Gasteiger charge is 2.08. The summed E-state index contributed by atoms with van der Waals surface area (Å²) in [6, 6.07) is 10.0. The number of amides is 1. The van der Waals surface area contributed by atoms with Crippen molar-refractivity contribution < 1.29 is 13.9 Å². The summed E-state index contributed by atoms with van der Waals surface area (Å²) in [5, 5.41) is 2.84. The van der Waals surface area contributed by atoms with Gasteiger partial charge in [-0.05, 0) is 37.7 Å². The van der Waals surface area contributed by atoms with E-state index in [1.54, 1.807) is 12.5 Å². The van der Waals surface area contributed by atoms with Crippen molar-refractivity contribution in [2.24, 2.45) is 0 Å². The molecule has 5 heteroatoms. The summed E-state index contributed by atoms with van der Waals surface area (Å²) in [5.41, 5.74) is 2.34. The minimum absolute atomic E-state index is 0.0417. The van der Waals surface area contributed by atoms with Crippen molar-refractivity contribution in [2.45, 2.75) is 39.5 Å². The lowest BCUT2D eigenvalue weighted by Crippen LogP contribution is -2.33. The van der Waals surface area contributed by atoms with Gasteiger partial charge in [-0.1, -0.05) is 19.1 Å². The number of benzene rings is 1. The first kappa shape index (κ1) is 18.1. The third-order valence-electron chi connectivity index (χ3n) is 3.63. The average molecular weight is 330 g/mol. The fraction of sp³-hybridized carbons (Fsp3) is 0.421. The Bertz CT molecular complexity index is 625. The van der Waals surface area contributed by atoms with Gasteiger partial charge in [0.05, 0.1) is 19.1 Å². The molecule has 1 atom stereocenters. The molecule has 24 heavy (non-hydrogen) atoms. The highest BCUT2D eigenvalue weighted by molar-refractivity contribution is 5.75. The lowest BCUT2D eigenvalue weighted by Gasteiger charge is -2.18. The molecule has 5 nitrogen and oxygen atoms in total. The van der Waals surface area contributed by atoms with E-state index in [9.17, 15) is 4.79 Å². The molecule has 0 aliphatic heterocycles. The van der Waals surface area contributed by atoms with Crippen molar-refractivity contribution in [3.63, 3.8) is 0 Å². The molecule has 0 aliphatic carbocycles. The van der Waals surface area contributed by atoms with Crippen molar-refractivity contribution in [3.8, 4) is 5.75 Å². The molecular formula is C19H26N2O3. The van der Waals surface area contributed by atoms with Gasteiger partial charge in [0.15, 0.2) is 0 Å². The van der Waals surface area contributed by atoms with Gasteiger partial charge in [0.25, 0.3) is 0 Å². The molecule has 1 unspecified atom stereocenters. The monoisotopic (exact) mass is 330 g/mol. The first-order valence-corrected chi connectivity index (χ1v) is 8.28. The molecule has 1 aromatic heterocycles. The quantitative estimate of drug-likeness (QED) is 0.767. The molecule has 2 rings (SSSR count). The first-order valence-electron chi connectivity index (χ1n) is 8.28. The number of ether oxygens (including phenoxy) is 1. The van der Waals surface area contributed by atoms with Crippen LogP contribution in [0, 0.1) is 0 Å². The second kappa shape index (κ2) is 9.13. The molecular weight excluding hydrogens is 304 g/mol. The summed E-state index contributed by atoms with van der Waals surface area (Å²) in [6.45, 7) is 5.96. The SMILES string of the molecule is CCC(=O)NCC(C)Oc1cccc(CN(C)Cc2ccoc2)c1. The van der Waals surface area contributed by atoms with Crippen LogP contribution in [-0.4, -0.2) is 30.5 Å². The van der Waals surface area contributed by atoms with Gasteiger partial charge in [0.2, 0.25) is 5.91 Å². The number of nitrogens with zero attached hydrogens (tertiary/aromatic N) is 1. The van der Waals surface area contributed by atoms with E-state index in [-0.39, 0.29) is 12.0 Å². The largest absolute Gasteiger partial charge is 0.489 e. The van der Waals surface area contributed by atoms with Crippen LogP contribution >= 0.6 is 0 Å². The van der Waals surface area contributed by atoms with Crippen LogP contribution in [0.1, 0.15) is 31.4 Å². The van der Waals surface area contributed by atoms with Gasteiger partial charge >= 0.3 is 0 Å². The average Bonchev–Trinajstić information content (AvgIpc) is 3.05. The summed E-state index contributed by atoms with van der Waals surface area (Å²) in [5.74, 6) is 0.863. The molecule has 1 aromatic carbocycles. The molecule has 1 amide bonds. The summed E-state index contributed by atoms with van der Waals surface area (Å²) in [7, 11) is 2.07. The van der Waals surface area contributed by atoms with Gasteiger partial charge in [-0.3, -0.25) is 9.69 Å². The number of nitrogens with one attached hydrogen (secondary N) is 1. The summed E-state index contributed by atoms with van der Waals surface area (Å²) in [6.07, 6.45) is 3.88. The zero-order valence-electron chi connectivity index (χ0n) is 14.6. The van der Waals surface area contributed by atoms with E-state index in [4.69, 9.17) is 9.15 Å². The van der Waals surface area contributed by atoms with Gasteiger partial charge in [-0.25, -0.2) is 0 Å². The van der Waals surface area contributed by atoms with Crippen LogP contribution in [-0.2, 0) is 17.9 Å². The molecule has 0 radical (unpaired) electrons. The van der Waals surface area contributed by atoms with E-state index < -0.39 is 0 Å². The topological polar surface area (TPSA) is 54.7 Å². The Morgan fingerprint density at radius 2 is 2.08 bits per heavy atom. The molecule has 130 valence electrons. The zero-order valence-corrected chi connectivity index (χ0v) is 14.6. The maximum Gasteiger partial charge on any atom is 0.219 e. The van der Waals surface area contributed by atoms with E-state index in [1.165, 1.54) is 5.56 Å². The van der Waals surface area contributed by atoms with E-state index in [1.807, 2.05) is 38.1 Å². The van der Waals surface area contributed by atoms with Crippen LogP contribution in [0.25, 0.3) is 0 Å². The molecule has 0 bridgehead atoms. The molecule has 0 aliphatic rings. The van der Waals surface area contributed by atoms with Crippen molar-refractivity contribution in [2.75, 3.05) is 13.6 Å². The molecule has 0 saturated carbocycles. The minimum atomic E-state index is -0.0700. The third-order valence-corrected chi connectivity index (χ3v) is 3.63. The Balaban J connectivity index is 1.85. The molecule has 0 saturated heterocycles. The van der Waals surface area contributed by atoms with Crippen LogP contribution in [0.4, 0.5) is 0 Å². The van der Waals surface area contributed by atoms with Gasteiger partial charge in [0, 0.05) is 25.1 Å². The Hall–Kier alpha value is -2.27. The van der Waals surface area contributed by atoms with Crippen LogP contribution in [0.5, 0.6) is 5.75 Å². The first-order chi connectivity index (χ1) is 11.6. The van der Waals surface area contributed by atoms with Crippen LogP contribution in [0.15, 0.2) is 47.3 Å². The number of rotatable bonds is 9. The maximum absolute atomic E-state index is 11.3. The number of hydrogen-bond donors (Lipinski definition) is 1. The normalized spacial score (nSPS) is 12.2. The third kappa shape index (κ3) is 6.08. The fourth-order valence-electron chi connectivity index (χ4n) is 2.44. The highest BCUT2D eigenvalue weighted by atomic mass is 16.5. The highest BCUT2D eigenvalue weighted by Crippen LogP contribution is 2.17. The van der Waals surface area contributed by atoms with Crippen LogP contribution < -0.4 is 10.1 Å². The smallest absolute Gasteiger partial charge is 0.219 e. The van der Waals surface area contributed by atoms with Crippen LogP contribution in [0.2, 0.25) is 0 Å². The number of furan rings is 1. The van der Waals surface area contributed by atoms with Crippen molar-refractivity contribution in [1.82, 2.24) is 10.2 Å². The number of carbonyl (C=O) groups is 1. The van der Waals surface area contributed by atoms with Crippen LogP contribution in [0.3, 0.4) is 0 Å². The van der Waals surface area contributed by atoms with E-state index in [0.29, 0.717) is 13.0 Å². The van der Waals surface area contributed by atoms with Crippen molar-refractivity contribution >= 4 is 5.91 Å². The van der Waals surface area contributed by atoms with E-state index in [0.717, 1.165) is 24.4 Å². The Labute approximate surface area is 143 Å². The summed E-state index contributed by atoms with van der Waals surface area (Å²) >= 11 is 0. The fourth-order valence-corrected chi connectivity index (χ4v) is 2.44. The molecule has 1 N–H and O–H groups in total. The lowest BCUT2D eigenvalue weighted by atomic mass is 10.2. The molecule has 0 fully saturated rings. The standard InChI is InChI=1S/C19H26N2O3/c1-4-19(22)20-11-15(2)24-18-7-5-6-16(10-18)12-21(3)13-17-8-9-23-14-17/h5-10,14-15H,4,11-13H2,1-3H3,(H,20,22). The number of carbonyl (C=O) groups excluding carboxylic acids is 1. The second-order valence-electron chi connectivity index (χ2n) is 6.04. The van der Waals surface area contributed by atoms with Gasteiger partial charge in [-0.2, -0.15) is 0 Å². The predicted octanol–water partition coefficient (Wildman–Crippen LogP) is 3.21. The summed E-state index contributed by atoms with van der Waals surface area (Å²) < 4.78 is 11.0. The predicted molar refractivity (Wildman–Crippen MR) is 93.7 cm³/mol. The van der Waals surface area contributed by atoms with Gasteiger partial charge < -0.3 is 14.5 Å². The molecule has 1 heterocycles. The number of hydrogen-bond acceptors (Lipinski definition) is 4. The lowest BCUT2D eigenvalue weighted by molar-refractivity contribution is -0.121. The molecule has 0 spiro atoms. The molecule has 2 aromatic rings. The Morgan fingerprint density at radius 3 is 2.79 bits per heavy atom. The van der Waals surface area contributed by atoms with Crippen molar-refractivity contribution in [1.29, 1.82) is 0 Å². The van der Waals surface area contributed by atoms with Crippen molar-refractivity contribution in [3.05, 3.63) is 54.0 Å². The van der Waals surface area contributed by atoms with E-state index >= 15 is 0 Å². The minimum Gasteiger partial charge on any atom is -0.489 e. The van der Waals surface area contributed by atoms with E-state index in [2.05, 4.69) is 23.3 Å². The zero-order chi connectivity index (χ0) is 17.4. The van der Waals surface area contributed by atoms with Gasteiger partial charge in [-0.15, -0.1) is 0 Å². The Kier molecular flexibility index (Phi) is 6.88. The van der Waals surface area contributed by atoms with Gasteiger partial charge in [0.1, 0.15) is 11.9 Å². The Morgan fingerprint density at radius 1 is 1.29 bits per heavy atom. The maximum atomic E-state index is 11.3. The summed E-state index contributed by atoms with van der Waals surface area (Å²) in [4.78, 5) is 13.5. The second-order valence-corrected chi connectivity index (χ2v) is 6.04.